The van der Waals surface area contributed by atoms with Crippen LogP contribution in [0.1, 0.15) is 24.4 Å². The third-order valence-electron chi connectivity index (χ3n) is 4.84. The highest BCUT2D eigenvalue weighted by molar-refractivity contribution is 6.30. The second-order valence-electron chi connectivity index (χ2n) is 6.91. The molecular weight excluding hydrogens is 417 g/mol. The zero-order valence-corrected chi connectivity index (χ0v) is 16.7. The highest BCUT2D eigenvalue weighted by Crippen LogP contribution is 2.22. The number of benzene rings is 1. The Kier molecular flexibility index (Phi) is 5.25. The fourth-order valence-corrected chi connectivity index (χ4v) is 3.64. The van der Waals surface area contributed by atoms with Crippen molar-refractivity contribution in [3.63, 3.8) is 0 Å². The molecule has 0 atom stereocenters. The van der Waals surface area contributed by atoms with Crippen LogP contribution in [0.15, 0.2) is 32.3 Å². The topological polar surface area (TPSA) is 112 Å². The summed E-state index contributed by atoms with van der Waals surface area (Å²) in [5.41, 5.74) is -0.746. The SMILES string of the molecule is Cc1nc(-c2c3n(c(=O)n(CC(=O)Nc4ccc(Cl)cc4F)c2=O)CCCC3)no1. The maximum absolute atomic E-state index is 14.0. The Bertz CT molecular complexity index is 1260. The molecule has 0 saturated carbocycles. The minimum Gasteiger partial charge on any atom is -0.339 e. The average molecular weight is 434 g/mol. The number of aryl methyl sites for hydroxylation is 1. The van der Waals surface area contributed by atoms with Crippen LogP contribution in [0, 0.1) is 12.7 Å². The van der Waals surface area contributed by atoms with E-state index in [1.807, 2.05) is 0 Å². The first-order chi connectivity index (χ1) is 14.3. The first-order valence-corrected chi connectivity index (χ1v) is 9.65. The maximum Gasteiger partial charge on any atom is 0.331 e. The molecule has 0 aliphatic carbocycles. The van der Waals surface area contributed by atoms with Crippen molar-refractivity contribution < 1.29 is 13.7 Å². The fourth-order valence-electron chi connectivity index (χ4n) is 3.48. The summed E-state index contributed by atoms with van der Waals surface area (Å²) in [6.45, 7) is 1.40. The van der Waals surface area contributed by atoms with E-state index in [1.54, 1.807) is 6.92 Å². The van der Waals surface area contributed by atoms with Crippen LogP contribution in [0.5, 0.6) is 0 Å². The van der Waals surface area contributed by atoms with E-state index in [2.05, 4.69) is 15.5 Å². The van der Waals surface area contributed by atoms with Crippen molar-refractivity contribution in [1.82, 2.24) is 19.3 Å². The molecule has 0 radical (unpaired) electrons. The van der Waals surface area contributed by atoms with Crippen LogP contribution in [-0.2, 0) is 24.3 Å². The normalized spacial score (nSPS) is 13.2. The van der Waals surface area contributed by atoms with Gasteiger partial charge >= 0.3 is 5.69 Å². The van der Waals surface area contributed by atoms with E-state index in [1.165, 1.54) is 16.7 Å². The minimum atomic E-state index is -0.734. The first kappa shape index (κ1) is 20.0. The van der Waals surface area contributed by atoms with Gasteiger partial charge in [0.25, 0.3) is 5.56 Å². The van der Waals surface area contributed by atoms with Crippen LogP contribution in [0.4, 0.5) is 10.1 Å². The molecule has 1 amide bonds. The lowest BCUT2D eigenvalue weighted by Crippen LogP contribution is -2.45. The van der Waals surface area contributed by atoms with Crippen LogP contribution < -0.4 is 16.6 Å². The van der Waals surface area contributed by atoms with Gasteiger partial charge in [-0.15, -0.1) is 0 Å². The predicted octanol–water partition coefficient (Wildman–Crippen LogP) is 2.14. The number of hydrogen-bond acceptors (Lipinski definition) is 6. The Morgan fingerprint density at radius 3 is 2.83 bits per heavy atom. The van der Waals surface area contributed by atoms with Crippen LogP contribution in [-0.4, -0.2) is 25.2 Å². The zero-order valence-electron chi connectivity index (χ0n) is 15.9. The Hall–Kier alpha value is -3.27. The number of halogens is 2. The Morgan fingerprint density at radius 1 is 1.33 bits per heavy atom. The minimum absolute atomic E-state index is 0.0704. The van der Waals surface area contributed by atoms with Crippen molar-refractivity contribution in [2.75, 3.05) is 5.32 Å². The van der Waals surface area contributed by atoms with Gasteiger partial charge in [0.15, 0.2) is 0 Å². The van der Waals surface area contributed by atoms with Gasteiger partial charge in [-0.1, -0.05) is 16.8 Å². The first-order valence-electron chi connectivity index (χ1n) is 9.27. The van der Waals surface area contributed by atoms with Gasteiger partial charge in [-0.3, -0.25) is 18.7 Å². The van der Waals surface area contributed by atoms with Crippen molar-refractivity contribution in [3.05, 3.63) is 61.5 Å². The molecule has 9 nitrogen and oxygen atoms in total. The lowest BCUT2D eigenvalue weighted by Gasteiger charge is -2.21. The summed E-state index contributed by atoms with van der Waals surface area (Å²) in [6.07, 6.45) is 2.08. The molecule has 1 aliphatic heterocycles. The molecule has 3 aromatic rings. The Morgan fingerprint density at radius 2 is 2.13 bits per heavy atom. The van der Waals surface area contributed by atoms with E-state index in [-0.39, 0.29) is 28.0 Å². The summed E-state index contributed by atoms with van der Waals surface area (Å²) in [4.78, 5) is 42.6. The summed E-state index contributed by atoms with van der Waals surface area (Å²) in [7, 11) is 0. The molecule has 0 saturated heterocycles. The molecule has 1 aromatic carbocycles. The lowest BCUT2D eigenvalue weighted by molar-refractivity contribution is -0.116. The van der Waals surface area contributed by atoms with Gasteiger partial charge in [0, 0.05) is 24.2 Å². The molecule has 0 bridgehead atoms. The average Bonchev–Trinajstić information content (AvgIpc) is 3.13. The summed E-state index contributed by atoms with van der Waals surface area (Å²) >= 11 is 5.71. The number of rotatable bonds is 4. The summed E-state index contributed by atoms with van der Waals surface area (Å²) in [5.74, 6) is -1.12. The van der Waals surface area contributed by atoms with Gasteiger partial charge in [0.1, 0.15) is 17.9 Å². The number of amides is 1. The van der Waals surface area contributed by atoms with Gasteiger partial charge in [-0.2, -0.15) is 4.98 Å². The highest BCUT2D eigenvalue weighted by Gasteiger charge is 2.26. The second-order valence-corrected chi connectivity index (χ2v) is 7.35. The van der Waals surface area contributed by atoms with Gasteiger partial charge in [0.2, 0.25) is 17.6 Å². The number of fused-ring (bicyclic) bond motifs is 1. The molecule has 11 heteroatoms. The maximum atomic E-state index is 14.0. The van der Waals surface area contributed by atoms with Crippen molar-refractivity contribution in [2.24, 2.45) is 0 Å². The molecule has 0 spiro atoms. The number of anilines is 1. The van der Waals surface area contributed by atoms with E-state index in [0.717, 1.165) is 23.5 Å². The number of nitrogens with one attached hydrogen (secondary N) is 1. The molecular formula is C19H17ClFN5O4. The fraction of sp³-hybridized carbons (Fsp3) is 0.316. The summed E-state index contributed by atoms with van der Waals surface area (Å²) < 4.78 is 21.2. The smallest absolute Gasteiger partial charge is 0.331 e. The molecule has 2 aromatic heterocycles. The van der Waals surface area contributed by atoms with Crippen LogP contribution in [0.3, 0.4) is 0 Å². The second kappa shape index (κ2) is 7.86. The van der Waals surface area contributed by atoms with E-state index >= 15 is 0 Å². The van der Waals surface area contributed by atoms with Gasteiger partial charge < -0.3 is 9.84 Å². The van der Waals surface area contributed by atoms with E-state index in [9.17, 15) is 18.8 Å². The van der Waals surface area contributed by atoms with Crippen molar-refractivity contribution in [3.8, 4) is 11.4 Å². The summed E-state index contributed by atoms with van der Waals surface area (Å²) in [5, 5.41) is 6.34. The van der Waals surface area contributed by atoms with Crippen LogP contribution in [0.25, 0.3) is 11.4 Å². The number of hydrogen-bond donors (Lipinski definition) is 1. The Labute approximate surface area is 174 Å². The number of carbonyl (C=O) groups is 1. The quantitative estimate of drug-likeness (QED) is 0.674. The van der Waals surface area contributed by atoms with E-state index in [0.29, 0.717) is 18.7 Å². The van der Waals surface area contributed by atoms with Crippen molar-refractivity contribution in [2.45, 2.75) is 39.3 Å². The summed E-state index contributed by atoms with van der Waals surface area (Å²) in [6, 6.07) is 3.76. The Balaban J connectivity index is 1.75. The van der Waals surface area contributed by atoms with Crippen molar-refractivity contribution in [1.29, 1.82) is 0 Å². The molecule has 156 valence electrons. The monoisotopic (exact) mass is 433 g/mol. The van der Waals surface area contributed by atoms with E-state index in [4.69, 9.17) is 16.1 Å². The number of nitrogens with zero attached hydrogens (tertiary/aromatic N) is 4. The molecule has 4 rings (SSSR count). The van der Waals surface area contributed by atoms with Crippen LogP contribution >= 0.6 is 11.6 Å². The largest absolute Gasteiger partial charge is 0.339 e. The highest BCUT2D eigenvalue weighted by atomic mass is 35.5. The molecule has 1 N–H and O–H groups in total. The van der Waals surface area contributed by atoms with Gasteiger partial charge in [-0.25, -0.2) is 9.18 Å². The zero-order chi connectivity index (χ0) is 21.4. The standard InChI is InChI=1S/C19H17ClFN5O4/c1-10-22-17(24-30-10)16-14-4-2-3-7-25(14)19(29)26(18(16)28)9-15(27)23-13-6-5-11(20)8-12(13)21/h5-6,8H,2-4,7,9H2,1H3,(H,23,27). The van der Waals surface area contributed by atoms with Gasteiger partial charge in [0.05, 0.1) is 5.69 Å². The third kappa shape index (κ3) is 3.65. The number of carbonyl (C=O) groups excluding carboxylic acids is 1. The van der Waals surface area contributed by atoms with Gasteiger partial charge in [-0.05, 0) is 37.5 Å². The predicted molar refractivity (Wildman–Crippen MR) is 106 cm³/mol. The third-order valence-corrected chi connectivity index (χ3v) is 5.07. The van der Waals surface area contributed by atoms with E-state index < -0.39 is 29.5 Å². The van der Waals surface area contributed by atoms with Crippen molar-refractivity contribution >= 4 is 23.2 Å². The van der Waals surface area contributed by atoms with Crippen LogP contribution in [0.2, 0.25) is 5.02 Å². The number of aromatic nitrogens is 4. The molecule has 30 heavy (non-hydrogen) atoms. The molecule has 0 unspecified atom stereocenters. The molecule has 1 aliphatic rings. The lowest BCUT2D eigenvalue weighted by atomic mass is 10.0. The molecule has 0 fully saturated rings. The molecule has 3 heterocycles.